The van der Waals surface area contributed by atoms with Gasteiger partial charge in [-0.2, -0.15) is 0 Å². The summed E-state index contributed by atoms with van der Waals surface area (Å²) in [6, 6.07) is 5.76. The molecule has 0 saturated carbocycles. The fraction of sp³-hybridized carbons (Fsp3) is 0.562. The lowest BCUT2D eigenvalue weighted by Crippen LogP contribution is -2.28. The van der Waals surface area contributed by atoms with Crippen LogP contribution in [0.3, 0.4) is 0 Å². The van der Waals surface area contributed by atoms with Crippen LogP contribution in [-0.4, -0.2) is 38.3 Å². The highest BCUT2D eigenvalue weighted by Gasteiger charge is 2.26. The Bertz CT molecular complexity index is 511. The molecular formula is C16H22Cl2N2O2. The van der Waals surface area contributed by atoms with E-state index < -0.39 is 0 Å². The minimum Gasteiger partial charge on any atom is -0.376 e. The maximum atomic E-state index is 10.9. The van der Waals surface area contributed by atoms with Crippen molar-refractivity contribution in [2.75, 3.05) is 26.2 Å². The Morgan fingerprint density at radius 3 is 2.95 bits per heavy atom. The van der Waals surface area contributed by atoms with Crippen molar-refractivity contribution in [1.29, 1.82) is 0 Å². The van der Waals surface area contributed by atoms with Gasteiger partial charge in [-0.05, 0) is 30.5 Å². The number of hydrogen-bond donors (Lipinski definition) is 2. The van der Waals surface area contributed by atoms with Crippen LogP contribution in [0.25, 0.3) is 0 Å². The number of halogens is 2. The molecule has 1 aliphatic rings. The lowest BCUT2D eigenvalue weighted by molar-refractivity contribution is -0.119. The Balaban J connectivity index is 2.03. The van der Waals surface area contributed by atoms with Crippen LogP contribution < -0.4 is 10.6 Å². The number of benzene rings is 1. The molecular weight excluding hydrogens is 323 g/mol. The van der Waals surface area contributed by atoms with E-state index in [1.54, 1.807) is 0 Å². The molecule has 6 heteroatoms. The Kier molecular flexibility index (Phi) is 6.96. The molecule has 2 N–H and O–H groups in total. The minimum atomic E-state index is 0.00415. The van der Waals surface area contributed by atoms with Gasteiger partial charge >= 0.3 is 0 Å². The second-order valence-corrected chi connectivity index (χ2v) is 6.33. The number of carbonyl (C=O) groups excluding carboxylic acids is 1. The summed E-state index contributed by atoms with van der Waals surface area (Å²) < 4.78 is 6.00. The Morgan fingerprint density at radius 1 is 1.41 bits per heavy atom. The van der Waals surface area contributed by atoms with Crippen molar-refractivity contribution in [2.24, 2.45) is 0 Å². The van der Waals surface area contributed by atoms with Gasteiger partial charge in [0.25, 0.3) is 0 Å². The average Bonchev–Trinajstić information content (AvgIpc) is 2.72. The van der Waals surface area contributed by atoms with Crippen molar-refractivity contribution in [3.8, 4) is 0 Å². The van der Waals surface area contributed by atoms with Gasteiger partial charge in [0.2, 0.25) is 5.91 Å². The lowest BCUT2D eigenvalue weighted by Gasteiger charge is -2.25. The zero-order chi connectivity index (χ0) is 15.9. The molecule has 1 heterocycles. The molecule has 0 aliphatic carbocycles. The molecule has 0 radical (unpaired) electrons. The van der Waals surface area contributed by atoms with Gasteiger partial charge in [0.1, 0.15) is 0 Å². The van der Waals surface area contributed by atoms with E-state index in [0.717, 1.165) is 31.5 Å². The topological polar surface area (TPSA) is 50.4 Å². The molecule has 0 bridgehead atoms. The number of nitrogens with one attached hydrogen (secondary N) is 2. The molecule has 1 saturated heterocycles. The molecule has 2 unspecified atom stereocenters. The zero-order valence-electron chi connectivity index (χ0n) is 12.7. The molecule has 0 spiro atoms. The Morgan fingerprint density at radius 2 is 2.23 bits per heavy atom. The summed E-state index contributed by atoms with van der Waals surface area (Å²) in [5.74, 6) is 0.235. The summed E-state index contributed by atoms with van der Waals surface area (Å²) in [5, 5.41) is 7.36. The van der Waals surface area contributed by atoms with Crippen molar-refractivity contribution < 1.29 is 9.53 Å². The molecule has 0 aromatic heterocycles. The zero-order valence-corrected chi connectivity index (χ0v) is 14.2. The van der Waals surface area contributed by atoms with E-state index in [4.69, 9.17) is 27.9 Å². The van der Waals surface area contributed by atoms with Gasteiger partial charge in [-0.15, -0.1) is 0 Å². The predicted molar refractivity (Wildman–Crippen MR) is 89.7 cm³/mol. The van der Waals surface area contributed by atoms with Crippen LogP contribution in [0.15, 0.2) is 18.2 Å². The van der Waals surface area contributed by atoms with Crippen LogP contribution in [0.2, 0.25) is 10.0 Å². The van der Waals surface area contributed by atoms with Gasteiger partial charge in [-0.1, -0.05) is 29.3 Å². The Labute approximate surface area is 141 Å². The van der Waals surface area contributed by atoms with Crippen molar-refractivity contribution in [3.05, 3.63) is 33.8 Å². The van der Waals surface area contributed by atoms with Crippen LogP contribution in [0.1, 0.15) is 31.2 Å². The van der Waals surface area contributed by atoms with E-state index in [1.807, 2.05) is 18.2 Å². The highest BCUT2D eigenvalue weighted by Crippen LogP contribution is 2.31. The SMILES string of the molecule is CC(=O)NCCCC1OCCNCC1c1ccc(Cl)c(Cl)c1. The molecule has 2 atom stereocenters. The standard InChI is InChI=1S/C16H22Cl2N2O2/c1-11(21)20-6-2-3-16-13(10-19-7-8-22-16)12-4-5-14(17)15(18)9-12/h4-5,9,13,16,19H,2-3,6-8,10H2,1H3,(H,20,21). The highest BCUT2D eigenvalue weighted by molar-refractivity contribution is 6.42. The Hall–Kier alpha value is -0.810. The largest absolute Gasteiger partial charge is 0.376 e. The van der Waals surface area contributed by atoms with Gasteiger partial charge in [-0.25, -0.2) is 0 Å². The molecule has 1 amide bonds. The van der Waals surface area contributed by atoms with Crippen molar-refractivity contribution >= 4 is 29.1 Å². The summed E-state index contributed by atoms with van der Waals surface area (Å²) >= 11 is 12.1. The quantitative estimate of drug-likeness (QED) is 0.807. The predicted octanol–water partition coefficient (Wildman–Crippen LogP) is 2.98. The van der Waals surface area contributed by atoms with Crippen LogP contribution in [-0.2, 0) is 9.53 Å². The first-order valence-electron chi connectivity index (χ1n) is 7.59. The molecule has 22 heavy (non-hydrogen) atoms. The number of carbonyl (C=O) groups is 1. The van der Waals surface area contributed by atoms with E-state index in [9.17, 15) is 4.79 Å². The van der Waals surface area contributed by atoms with Crippen molar-refractivity contribution in [2.45, 2.75) is 31.8 Å². The summed E-state index contributed by atoms with van der Waals surface area (Å²) in [6.07, 6.45) is 1.90. The fourth-order valence-corrected chi connectivity index (χ4v) is 3.02. The van der Waals surface area contributed by atoms with Gasteiger partial charge < -0.3 is 15.4 Å². The second kappa shape index (κ2) is 8.73. The van der Waals surface area contributed by atoms with E-state index in [-0.39, 0.29) is 17.9 Å². The molecule has 1 aromatic rings. The third kappa shape index (κ3) is 5.13. The number of ether oxygens (including phenoxy) is 1. The first kappa shape index (κ1) is 17.5. The maximum absolute atomic E-state index is 10.9. The second-order valence-electron chi connectivity index (χ2n) is 5.52. The van der Waals surface area contributed by atoms with E-state index in [2.05, 4.69) is 10.6 Å². The van der Waals surface area contributed by atoms with Crippen molar-refractivity contribution in [3.63, 3.8) is 0 Å². The van der Waals surface area contributed by atoms with E-state index in [0.29, 0.717) is 23.2 Å². The number of rotatable bonds is 5. The summed E-state index contributed by atoms with van der Waals surface area (Å²) in [4.78, 5) is 10.9. The molecule has 4 nitrogen and oxygen atoms in total. The molecule has 1 fully saturated rings. The maximum Gasteiger partial charge on any atom is 0.216 e. The highest BCUT2D eigenvalue weighted by atomic mass is 35.5. The summed E-state index contributed by atoms with van der Waals surface area (Å²) in [7, 11) is 0. The van der Waals surface area contributed by atoms with Gasteiger partial charge in [-0.3, -0.25) is 4.79 Å². The first-order chi connectivity index (χ1) is 10.6. The minimum absolute atomic E-state index is 0.00415. The number of hydrogen-bond acceptors (Lipinski definition) is 3. The first-order valence-corrected chi connectivity index (χ1v) is 8.35. The normalized spacial score (nSPS) is 22.1. The average molecular weight is 345 g/mol. The van der Waals surface area contributed by atoms with Crippen LogP contribution in [0, 0.1) is 0 Å². The van der Waals surface area contributed by atoms with Crippen LogP contribution in [0.5, 0.6) is 0 Å². The van der Waals surface area contributed by atoms with E-state index in [1.165, 1.54) is 6.92 Å². The molecule has 1 aromatic carbocycles. The molecule has 1 aliphatic heterocycles. The summed E-state index contributed by atoms with van der Waals surface area (Å²) in [5.41, 5.74) is 1.13. The third-order valence-corrected chi connectivity index (χ3v) is 4.57. The molecule has 122 valence electrons. The summed E-state index contributed by atoms with van der Waals surface area (Å²) in [6.45, 7) is 4.60. The lowest BCUT2D eigenvalue weighted by atomic mass is 9.90. The van der Waals surface area contributed by atoms with Gasteiger partial charge in [0.15, 0.2) is 0 Å². The number of amides is 1. The fourth-order valence-electron chi connectivity index (χ4n) is 2.72. The van der Waals surface area contributed by atoms with Crippen molar-refractivity contribution in [1.82, 2.24) is 10.6 Å². The molecule has 2 rings (SSSR count). The van der Waals surface area contributed by atoms with Crippen LogP contribution >= 0.6 is 23.2 Å². The third-order valence-electron chi connectivity index (χ3n) is 3.83. The van der Waals surface area contributed by atoms with Gasteiger partial charge in [0.05, 0.1) is 22.8 Å². The smallest absolute Gasteiger partial charge is 0.216 e. The van der Waals surface area contributed by atoms with Crippen LogP contribution in [0.4, 0.5) is 0 Å². The monoisotopic (exact) mass is 344 g/mol. The van der Waals surface area contributed by atoms with Gasteiger partial charge in [0, 0.05) is 32.5 Å². The van der Waals surface area contributed by atoms with E-state index >= 15 is 0 Å².